The van der Waals surface area contributed by atoms with E-state index in [9.17, 15) is 4.79 Å². The van der Waals surface area contributed by atoms with Crippen LogP contribution in [0.5, 0.6) is 0 Å². The zero-order valence-electron chi connectivity index (χ0n) is 13.2. The number of fused-ring (bicyclic) bond motifs is 2. The number of rotatable bonds is 5. The van der Waals surface area contributed by atoms with E-state index >= 15 is 0 Å². The average Bonchev–Trinajstić information content (AvgIpc) is 2.60. The van der Waals surface area contributed by atoms with Crippen molar-refractivity contribution in [2.45, 2.75) is 6.54 Å². The fourth-order valence-corrected chi connectivity index (χ4v) is 2.52. The number of carbonyl (C=O) groups is 1. The molecule has 3 rings (SSSR count). The highest BCUT2D eigenvalue weighted by atomic mass is 16.7. The minimum atomic E-state index is -0.151. The smallest absolute Gasteiger partial charge is 0.253 e. The van der Waals surface area contributed by atoms with Crippen LogP contribution < -0.4 is 10.6 Å². The Morgan fingerprint density at radius 1 is 1.04 bits per heavy atom. The van der Waals surface area contributed by atoms with Gasteiger partial charge in [0.25, 0.3) is 5.91 Å². The zero-order chi connectivity index (χ0) is 16.8. The highest BCUT2D eigenvalue weighted by Gasteiger charge is 2.21. The Balaban J connectivity index is 1.91. The molecule has 1 aliphatic rings. The van der Waals surface area contributed by atoms with Gasteiger partial charge in [-0.05, 0) is 23.8 Å². The molecule has 1 aliphatic heterocycles. The third kappa shape index (κ3) is 3.63. The molecule has 122 valence electrons. The largest absolute Gasteiger partial charge is 0.346 e. The molecule has 1 amide bonds. The monoisotopic (exact) mass is 322 g/mol. The van der Waals surface area contributed by atoms with Gasteiger partial charge in [0.15, 0.2) is 0 Å². The van der Waals surface area contributed by atoms with Crippen LogP contribution in [-0.4, -0.2) is 26.0 Å². The topological polar surface area (TPSA) is 64.8 Å². The standard InChI is InChI=1S/C19H18N2O3/c20-13-24-14-23-12-19(22)21-11-17-7-2-1-5-15(17)9-10-16-6-3-4-8-18(16)21/h1-8H,11-14,20H2. The molecular weight excluding hydrogens is 304 g/mol. The van der Waals surface area contributed by atoms with Gasteiger partial charge in [-0.2, -0.15) is 0 Å². The van der Waals surface area contributed by atoms with Crippen molar-refractivity contribution < 1.29 is 14.3 Å². The molecule has 0 saturated carbocycles. The van der Waals surface area contributed by atoms with E-state index in [1.54, 1.807) is 4.90 Å². The third-order valence-corrected chi connectivity index (χ3v) is 3.68. The summed E-state index contributed by atoms with van der Waals surface area (Å²) in [5, 5.41) is 0. The van der Waals surface area contributed by atoms with Gasteiger partial charge in [0.1, 0.15) is 13.4 Å². The first-order valence-corrected chi connectivity index (χ1v) is 7.64. The van der Waals surface area contributed by atoms with Gasteiger partial charge in [-0.1, -0.05) is 42.2 Å². The molecule has 0 saturated heterocycles. The molecule has 0 fully saturated rings. The second kappa shape index (κ2) is 7.75. The third-order valence-electron chi connectivity index (χ3n) is 3.68. The van der Waals surface area contributed by atoms with Gasteiger partial charge in [-0.3, -0.25) is 4.79 Å². The fourth-order valence-electron chi connectivity index (χ4n) is 2.52. The number of carbonyl (C=O) groups excluding carboxylic acids is 1. The summed E-state index contributed by atoms with van der Waals surface area (Å²) in [6, 6.07) is 15.5. The van der Waals surface area contributed by atoms with E-state index in [0.29, 0.717) is 6.54 Å². The van der Waals surface area contributed by atoms with E-state index in [0.717, 1.165) is 22.4 Å². The Hall–Kier alpha value is -2.65. The first kappa shape index (κ1) is 16.2. The van der Waals surface area contributed by atoms with Crippen molar-refractivity contribution in [3.63, 3.8) is 0 Å². The minimum absolute atomic E-state index is 0.00583. The summed E-state index contributed by atoms with van der Waals surface area (Å²) in [4.78, 5) is 14.4. The summed E-state index contributed by atoms with van der Waals surface area (Å²) in [7, 11) is 0. The summed E-state index contributed by atoms with van der Waals surface area (Å²) in [6.07, 6.45) is 0. The van der Waals surface area contributed by atoms with Crippen LogP contribution in [0.15, 0.2) is 48.5 Å². The fraction of sp³-hybridized carbons (Fsp3) is 0.211. The first-order valence-electron chi connectivity index (χ1n) is 7.64. The van der Waals surface area contributed by atoms with Gasteiger partial charge in [0.2, 0.25) is 0 Å². The Kier molecular flexibility index (Phi) is 5.24. The quantitative estimate of drug-likeness (QED) is 0.518. The molecule has 2 N–H and O–H groups in total. The second-order valence-electron chi connectivity index (χ2n) is 5.24. The van der Waals surface area contributed by atoms with Crippen LogP contribution >= 0.6 is 0 Å². The van der Waals surface area contributed by atoms with Gasteiger partial charge in [0.05, 0.1) is 19.0 Å². The molecule has 0 radical (unpaired) electrons. The summed E-state index contributed by atoms with van der Waals surface area (Å²) < 4.78 is 10.1. The number of anilines is 1. The average molecular weight is 322 g/mol. The molecular formula is C19H18N2O3. The van der Waals surface area contributed by atoms with Gasteiger partial charge in [-0.25, -0.2) is 0 Å². The summed E-state index contributed by atoms with van der Waals surface area (Å²) in [6.45, 7) is 0.420. The predicted octanol–water partition coefficient (Wildman–Crippen LogP) is 1.84. The van der Waals surface area contributed by atoms with Crippen molar-refractivity contribution >= 4 is 11.6 Å². The number of hydrogen-bond acceptors (Lipinski definition) is 4. The number of amides is 1. The molecule has 2 aromatic carbocycles. The van der Waals surface area contributed by atoms with Crippen LogP contribution in [0.4, 0.5) is 5.69 Å². The van der Waals surface area contributed by atoms with E-state index in [2.05, 4.69) is 11.8 Å². The Morgan fingerprint density at radius 2 is 1.75 bits per heavy atom. The van der Waals surface area contributed by atoms with Crippen LogP contribution in [0.25, 0.3) is 0 Å². The molecule has 0 atom stereocenters. The van der Waals surface area contributed by atoms with Gasteiger partial charge >= 0.3 is 0 Å². The predicted molar refractivity (Wildman–Crippen MR) is 91.0 cm³/mol. The number of benzene rings is 2. The SMILES string of the molecule is NCOCOCC(=O)N1Cc2ccccc2C#Cc2ccccc21. The summed E-state index contributed by atoms with van der Waals surface area (Å²) >= 11 is 0. The maximum atomic E-state index is 12.7. The summed E-state index contributed by atoms with van der Waals surface area (Å²) in [5.74, 6) is 6.19. The molecule has 0 spiro atoms. The molecule has 2 aromatic rings. The maximum Gasteiger partial charge on any atom is 0.253 e. The van der Waals surface area contributed by atoms with Crippen LogP contribution in [0, 0.1) is 11.8 Å². The van der Waals surface area contributed by atoms with Crippen LogP contribution in [0.3, 0.4) is 0 Å². The highest BCUT2D eigenvalue weighted by molar-refractivity contribution is 5.96. The van der Waals surface area contributed by atoms with Crippen LogP contribution in [0.1, 0.15) is 16.7 Å². The van der Waals surface area contributed by atoms with Crippen molar-refractivity contribution in [1.82, 2.24) is 0 Å². The molecule has 0 aromatic heterocycles. The van der Waals surface area contributed by atoms with E-state index in [1.807, 2.05) is 48.5 Å². The zero-order valence-corrected chi connectivity index (χ0v) is 13.2. The van der Waals surface area contributed by atoms with E-state index in [-0.39, 0.29) is 26.0 Å². The number of nitrogens with two attached hydrogens (primary N) is 1. The molecule has 0 bridgehead atoms. The first-order chi connectivity index (χ1) is 11.8. The van der Waals surface area contributed by atoms with Crippen molar-refractivity contribution in [1.29, 1.82) is 0 Å². The molecule has 0 aliphatic carbocycles. The second-order valence-corrected chi connectivity index (χ2v) is 5.24. The molecule has 5 nitrogen and oxygen atoms in total. The van der Waals surface area contributed by atoms with Gasteiger partial charge < -0.3 is 20.1 Å². The van der Waals surface area contributed by atoms with Crippen molar-refractivity contribution in [2.24, 2.45) is 5.73 Å². The summed E-state index contributed by atoms with van der Waals surface area (Å²) in [5.41, 5.74) is 8.77. The minimum Gasteiger partial charge on any atom is -0.346 e. The van der Waals surface area contributed by atoms with Crippen molar-refractivity contribution in [3.05, 3.63) is 65.2 Å². The van der Waals surface area contributed by atoms with Crippen molar-refractivity contribution in [3.8, 4) is 11.8 Å². The van der Waals surface area contributed by atoms with Crippen molar-refractivity contribution in [2.75, 3.05) is 25.0 Å². The van der Waals surface area contributed by atoms with E-state index in [1.165, 1.54) is 0 Å². The van der Waals surface area contributed by atoms with E-state index in [4.69, 9.17) is 15.2 Å². The Morgan fingerprint density at radius 3 is 2.58 bits per heavy atom. The van der Waals surface area contributed by atoms with Crippen LogP contribution in [-0.2, 0) is 20.8 Å². The Labute approximate surface area is 141 Å². The lowest BCUT2D eigenvalue weighted by molar-refractivity contribution is -0.129. The van der Waals surface area contributed by atoms with Gasteiger partial charge in [0, 0.05) is 11.1 Å². The van der Waals surface area contributed by atoms with E-state index < -0.39 is 0 Å². The molecule has 24 heavy (non-hydrogen) atoms. The number of hydrogen-bond donors (Lipinski definition) is 1. The molecule has 1 heterocycles. The lowest BCUT2D eigenvalue weighted by Gasteiger charge is -2.25. The Bertz CT molecular complexity index is 792. The van der Waals surface area contributed by atoms with Crippen LogP contribution in [0.2, 0.25) is 0 Å². The lowest BCUT2D eigenvalue weighted by atomic mass is 10.0. The highest BCUT2D eigenvalue weighted by Crippen LogP contribution is 2.25. The number of nitrogens with zero attached hydrogens (tertiary/aromatic N) is 1. The molecule has 0 unspecified atom stereocenters. The lowest BCUT2D eigenvalue weighted by Crippen LogP contribution is -2.35. The van der Waals surface area contributed by atoms with Gasteiger partial charge in [-0.15, -0.1) is 0 Å². The number of para-hydroxylation sites is 1. The molecule has 5 heteroatoms. The maximum absolute atomic E-state index is 12.7. The normalized spacial score (nSPS) is 12.3. The number of ether oxygens (including phenoxy) is 2.